The summed E-state index contributed by atoms with van der Waals surface area (Å²) in [7, 11) is 1.49. The first kappa shape index (κ1) is 27.2. The molecule has 1 unspecified atom stereocenters. The van der Waals surface area contributed by atoms with Crippen molar-refractivity contribution in [2.45, 2.75) is 19.0 Å². The predicted octanol–water partition coefficient (Wildman–Crippen LogP) is 7.02. The van der Waals surface area contributed by atoms with Gasteiger partial charge in [0, 0.05) is 28.0 Å². The highest BCUT2D eigenvalue weighted by molar-refractivity contribution is 7.10. The highest BCUT2D eigenvalue weighted by atomic mass is 35.5. The highest BCUT2D eigenvalue weighted by Crippen LogP contribution is 2.41. The maximum atomic E-state index is 14.0. The lowest BCUT2D eigenvalue weighted by Gasteiger charge is -2.38. The average molecular weight is 584 g/mol. The van der Waals surface area contributed by atoms with Crippen LogP contribution in [0.25, 0.3) is 0 Å². The third-order valence-electron chi connectivity index (χ3n) is 6.78. The van der Waals surface area contributed by atoms with E-state index in [1.54, 1.807) is 64.8 Å². The average Bonchev–Trinajstić information content (AvgIpc) is 3.42. The van der Waals surface area contributed by atoms with Gasteiger partial charge in [0.05, 0.1) is 18.7 Å². The van der Waals surface area contributed by atoms with E-state index in [-0.39, 0.29) is 30.7 Å². The molecular formula is C30H25Cl2FN2O3S. The molecule has 0 saturated heterocycles. The van der Waals surface area contributed by atoms with Crippen LogP contribution in [0.1, 0.15) is 38.0 Å². The third kappa shape index (κ3) is 5.81. The van der Waals surface area contributed by atoms with Gasteiger partial charge in [-0.1, -0.05) is 53.5 Å². The summed E-state index contributed by atoms with van der Waals surface area (Å²) in [4.78, 5) is 32.2. The number of carbonyl (C=O) groups is 2. The van der Waals surface area contributed by atoms with E-state index < -0.39 is 6.04 Å². The standard InChI is InChI=1S/C30H25Cl2FN2O3S/c1-38-26-5-3-2-4-23(26)30(37)34(17-19-6-9-21(33)10-7-19)18-28(36)35-14-12-27-24(13-15-39-27)29(35)22-11-8-20(31)16-25(22)32/h2-11,13,15-16,29H,12,14,17-18H2,1H3. The molecule has 2 heterocycles. The summed E-state index contributed by atoms with van der Waals surface area (Å²) in [5, 5.41) is 3.00. The van der Waals surface area contributed by atoms with E-state index in [1.807, 2.05) is 17.5 Å². The van der Waals surface area contributed by atoms with E-state index in [2.05, 4.69) is 0 Å². The van der Waals surface area contributed by atoms with E-state index >= 15 is 0 Å². The Kier molecular flexibility index (Phi) is 8.21. The summed E-state index contributed by atoms with van der Waals surface area (Å²) in [6.45, 7) is 0.408. The summed E-state index contributed by atoms with van der Waals surface area (Å²) in [5.74, 6) is -0.557. The summed E-state index contributed by atoms with van der Waals surface area (Å²) in [5.41, 5.74) is 2.83. The van der Waals surface area contributed by atoms with Gasteiger partial charge in [0.1, 0.15) is 18.1 Å². The van der Waals surface area contributed by atoms with Crippen LogP contribution in [0.5, 0.6) is 5.75 Å². The van der Waals surface area contributed by atoms with Crippen molar-refractivity contribution in [3.8, 4) is 5.75 Å². The van der Waals surface area contributed by atoms with Crippen molar-refractivity contribution < 1.29 is 18.7 Å². The summed E-state index contributed by atoms with van der Waals surface area (Å²) < 4.78 is 19.0. The van der Waals surface area contributed by atoms with Crippen LogP contribution in [-0.4, -0.2) is 41.8 Å². The lowest BCUT2D eigenvalue weighted by atomic mass is 9.93. The first-order chi connectivity index (χ1) is 18.9. The number of hydrogen-bond acceptors (Lipinski definition) is 4. The largest absolute Gasteiger partial charge is 0.496 e. The van der Waals surface area contributed by atoms with Crippen molar-refractivity contribution in [1.82, 2.24) is 9.80 Å². The Labute approximate surface area is 240 Å². The minimum atomic E-state index is -0.411. The maximum absolute atomic E-state index is 14.0. The zero-order valence-corrected chi connectivity index (χ0v) is 23.4. The molecule has 1 aliphatic rings. The quantitative estimate of drug-likeness (QED) is 0.235. The second kappa shape index (κ2) is 11.8. The maximum Gasteiger partial charge on any atom is 0.258 e. The lowest BCUT2D eigenvalue weighted by Crippen LogP contribution is -2.46. The molecule has 0 N–H and O–H groups in total. The SMILES string of the molecule is COc1ccccc1C(=O)N(CC(=O)N1CCc2sccc2C1c1ccc(Cl)cc1Cl)Cc1ccc(F)cc1. The van der Waals surface area contributed by atoms with Crippen molar-refractivity contribution in [2.24, 2.45) is 0 Å². The number of para-hydroxylation sites is 1. The van der Waals surface area contributed by atoms with Gasteiger partial charge in [0.15, 0.2) is 0 Å². The second-order valence-corrected chi connectivity index (χ2v) is 11.0. The molecule has 0 fully saturated rings. The monoisotopic (exact) mass is 582 g/mol. The number of nitrogens with zero attached hydrogens (tertiary/aromatic N) is 2. The van der Waals surface area contributed by atoms with Crippen LogP contribution in [0, 0.1) is 5.82 Å². The summed E-state index contributed by atoms with van der Waals surface area (Å²) >= 11 is 14.4. The molecule has 2 amide bonds. The molecule has 1 aromatic heterocycles. The van der Waals surface area contributed by atoms with Gasteiger partial charge in [-0.2, -0.15) is 0 Å². The number of ether oxygens (including phenoxy) is 1. The Balaban J connectivity index is 1.49. The molecule has 39 heavy (non-hydrogen) atoms. The lowest BCUT2D eigenvalue weighted by molar-refractivity contribution is -0.134. The number of benzene rings is 3. The molecule has 9 heteroatoms. The van der Waals surface area contributed by atoms with Crippen LogP contribution in [0.4, 0.5) is 4.39 Å². The van der Waals surface area contributed by atoms with E-state index in [0.717, 1.165) is 11.1 Å². The fourth-order valence-electron chi connectivity index (χ4n) is 4.90. The topological polar surface area (TPSA) is 49.9 Å². The van der Waals surface area contributed by atoms with Crippen LogP contribution in [-0.2, 0) is 17.8 Å². The number of methoxy groups -OCH3 is 1. The molecule has 0 spiro atoms. The molecular weight excluding hydrogens is 558 g/mol. The van der Waals surface area contributed by atoms with Crippen molar-refractivity contribution >= 4 is 46.4 Å². The molecule has 0 aliphatic carbocycles. The Morgan fingerprint density at radius 1 is 1.05 bits per heavy atom. The van der Waals surface area contributed by atoms with Crippen LogP contribution < -0.4 is 4.74 Å². The number of carbonyl (C=O) groups excluding carboxylic acids is 2. The number of halogens is 3. The van der Waals surface area contributed by atoms with E-state index in [4.69, 9.17) is 27.9 Å². The molecule has 0 radical (unpaired) electrons. The van der Waals surface area contributed by atoms with Crippen LogP contribution in [0.2, 0.25) is 10.0 Å². The predicted molar refractivity (Wildman–Crippen MR) is 152 cm³/mol. The third-order valence-corrected chi connectivity index (χ3v) is 8.34. The zero-order valence-electron chi connectivity index (χ0n) is 21.1. The minimum Gasteiger partial charge on any atom is -0.496 e. The summed E-state index contributed by atoms with van der Waals surface area (Å²) in [6, 6.07) is 19.7. The molecule has 0 saturated carbocycles. The molecule has 5 rings (SSSR count). The Bertz CT molecular complexity index is 1510. The molecule has 3 aromatic carbocycles. The summed E-state index contributed by atoms with van der Waals surface area (Å²) in [6.07, 6.45) is 0.707. The Morgan fingerprint density at radius 2 is 1.82 bits per heavy atom. The van der Waals surface area contributed by atoms with Gasteiger partial charge in [-0.15, -0.1) is 11.3 Å². The van der Waals surface area contributed by atoms with Gasteiger partial charge < -0.3 is 14.5 Å². The van der Waals surface area contributed by atoms with Crippen LogP contribution >= 0.6 is 34.5 Å². The Hall–Kier alpha value is -3.39. The first-order valence-electron chi connectivity index (χ1n) is 12.3. The van der Waals surface area contributed by atoms with Crippen molar-refractivity contribution in [1.29, 1.82) is 0 Å². The van der Waals surface area contributed by atoms with Gasteiger partial charge in [0.25, 0.3) is 5.91 Å². The molecule has 1 atom stereocenters. The first-order valence-corrected chi connectivity index (χ1v) is 14.0. The fourth-order valence-corrected chi connectivity index (χ4v) is 6.31. The van der Waals surface area contributed by atoms with Crippen molar-refractivity contribution in [2.75, 3.05) is 20.2 Å². The minimum absolute atomic E-state index is 0.118. The van der Waals surface area contributed by atoms with E-state index in [9.17, 15) is 14.0 Å². The van der Waals surface area contributed by atoms with E-state index in [1.165, 1.54) is 29.0 Å². The van der Waals surface area contributed by atoms with E-state index in [0.29, 0.717) is 39.9 Å². The van der Waals surface area contributed by atoms with Crippen LogP contribution in [0.3, 0.4) is 0 Å². The Morgan fingerprint density at radius 3 is 2.56 bits per heavy atom. The van der Waals surface area contributed by atoms with Gasteiger partial charge in [-0.05, 0) is 71.0 Å². The van der Waals surface area contributed by atoms with Gasteiger partial charge in [0.2, 0.25) is 5.91 Å². The molecule has 200 valence electrons. The number of thiophene rings is 1. The second-order valence-electron chi connectivity index (χ2n) is 9.19. The van der Waals surface area contributed by atoms with Crippen LogP contribution in [0.15, 0.2) is 78.2 Å². The molecule has 0 bridgehead atoms. The molecule has 5 nitrogen and oxygen atoms in total. The van der Waals surface area contributed by atoms with Crippen molar-refractivity contribution in [3.05, 3.63) is 121 Å². The smallest absolute Gasteiger partial charge is 0.258 e. The zero-order chi connectivity index (χ0) is 27.5. The van der Waals surface area contributed by atoms with Crippen molar-refractivity contribution in [3.63, 3.8) is 0 Å². The number of hydrogen-bond donors (Lipinski definition) is 0. The number of fused-ring (bicyclic) bond motifs is 1. The number of amides is 2. The van der Waals surface area contributed by atoms with Gasteiger partial charge in [-0.3, -0.25) is 9.59 Å². The molecule has 1 aliphatic heterocycles. The van der Waals surface area contributed by atoms with Gasteiger partial charge >= 0.3 is 0 Å². The van der Waals surface area contributed by atoms with Gasteiger partial charge in [-0.25, -0.2) is 4.39 Å². The molecule has 4 aromatic rings. The fraction of sp³-hybridized carbons (Fsp3) is 0.200. The normalized spacial score (nSPS) is 14.6. The number of rotatable bonds is 7. The highest BCUT2D eigenvalue weighted by Gasteiger charge is 2.35.